The molecular weight excluding hydrogens is 251 g/mol. The largest absolute Gasteiger partial charge is 0.458 e. The van der Waals surface area contributed by atoms with Gasteiger partial charge < -0.3 is 4.74 Å². The highest BCUT2D eigenvalue weighted by Crippen LogP contribution is 2.17. The van der Waals surface area contributed by atoms with Crippen LogP contribution < -0.4 is 0 Å². The van der Waals surface area contributed by atoms with Gasteiger partial charge in [0.1, 0.15) is 11.6 Å². The quantitative estimate of drug-likeness (QED) is 0.580. The molecule has 1 atom stereocenters. The van der Waals surface area contributed by atoms with Crippen LogP contribution in [0.1, 0.15) is 34.1 Å². The highest BCUT2D eigenvalue weighted by atomic mass is 19.4. The Hall–Kier alpha value is -1.40. The fourth-order valence-electron chi connectivity index (χ4n) is 0.857. The molecule has 4 nitrogen and oxygen atoms in total. The molecule has 0 heterocycles. The molecule has 18 heavy (non-hydrogen) atoms. The predicted molar refractivity (Wildman–Crippen MR) is 59.5 cm³/mol. The van der Waals surface area contributed by atoms with Crippen LogP contribution in [0.5, 0.6) is 0 Å². The fourth-order valence-corrected chi connectivity index (χ4v) is 0.857. The van der Waals surface area contributed by atoms with Crippen LogP contribution in [0.3, 0.4) is 0 Å². The Morgan fingerprint density at radius 3 is 2.17 bits per heavy atom. The van der Waals surface area contributed by atoms with E-state index in [1.54, 1.807) is 20.8 Å². The summed E-state index contributed by atoms with van der Waals surface area (Å²) in [6.07, 6.45) is -4.97. The molecule has 0 bridgehead atoms. The van der Waals surface area contributed by atoms with Gasteiger partial charge in [0.15, 0.2) is 0 Å². The van der Waals surface area contributed by atoms with E-state index in [2.05, 4.69) is 4.99 Å². The zero-order chi connectivity index (χ0) is 14.6. The molecule has 0 aliphatic carbocycles. The fraction of sp³-hybridized carbons (Fsp3) is 0.727. The van der Waals surface area contributed by atoms with Crippen molar-refractivity contribution in [1.82, 2.24) is 0 Å². The van der Waals surface area contributed by atoms with Gasteiger partial charge in [0.2, 0.25) is 5.78 Å². The van der Waals surface area contributed by atoms with Gasteiger partial charge >= 0.3 is 12.1 Å². The summed E-state index contributed by atoms with van der Waals surface area (Å²) >= 11 is 0. The first-order valence-corrected chi connectivity index (χ1v) is 5.28. The second-order valence-corrected chi connectivity index (χ2v) is 4.67. The zero-order valence-corrected chi connectivity index (χ0v) is 10.7. The van der Waals surface area contributed by atoms with Crippen molar-refractivity contribution in [2.45, 2.75) is 51.9 Å². The van der Waals surface area contributed by atoms with E-state index in [1.807, 2.05) is 0 Å². The lowest BCUT2D eigenvalue weighted by Crippen LogP contribution is -2.29. The van der Waals surface area contributed by atoms with E-state index in [0.29, 0.717) is 0 Å². The van der Waals surface area contributed by atoms with Crippen molar-refractivity contribution in [2.24, 2.45) is 4.99 Å². The Morgan fingerprint density at radius 2 is 1.78 bits per heavy atom. The minimum atomic E-state index is -4.87. The molecule has 0 N–H and O–H groups in total. The van der Waals surface area contributed by atoms with Crippen LogP contribution >= 0.6 is 0 Å². The molecule has 0 spiro atoms. The molecule has 0 amide bonds. The van der Waals surface area contributed by atoms with Gasteiger partial charge in [0.05, 0.1) is 6.42 Å². The van der Waals surface area contributed by atoms with Gasteiger partial charge in [-0.2, -0.15) is 13.2 Å². The predicted octanol–water partition coefficient (Wildman–Crippen LogP) is 2.31. The number of esters is 1. The number of hydrogen-bond acceptors (Lipinski definition) is 4. The van der Waals surface area contributed by atoms with Gasteiger partial charge in [-0.3, -0.25) is 9.79 Å². The molecule has 0 aromatic rings. The van der Waals surface area contributed by atoms with Gasteiger partial charge in [-0.05, 0) is 27.7 Å². The summed E-state index contributed by atoms with van der Waals surface area (Å²) in [5, 5.41) is 0. The number of carbonyl (C=O) groups excluding carboxylic acids is 2. The molecule has 0 aromatic carbocycles. The van der Waals surface area contributed by atoms with E-state index in [9.17, 15) is 22.8 Å². The SMILES string of the molecule is C[C@H](N=CCC(=O)C(F)(F)F)C(=O)OC(C)(C)C. The summed E-state index contributed by atoms with van der Waals surface area (Å²) in [6, 6.07) is -0.940. The Labute approximate surface area is 103 Å². The number of ether oxygens (including phenoxy) is 1. The second kappa shape index (κ2) is 5.97. The van der Waals surface area contributed by atoms with E-state index in [-0.39, 0.29) is 0 Å². The zero-order valence-electron chi connectivity index (χ0n) is 10.7. The van der Waals surface area contributed by atoms with Crippen molar-refractivity contribution in [2.75, 3.05) is 0 Å². The van der Waals surface area contributed by atoms with Crippen LogP contribution in [0.25, 0.3) is 0 Å². The molecule has 104 valence electrons. The normalized spacial score (nSPS) is 14.6. The number of alkyl halides is 3. The Morgan fingerprint density at radius 1 is 1.28 bits per heavy atom. The molecular formula is C11H16F3NO3. The van der Waals surface area contributed by atoms with Crippen LogP contribution in [0, 0.1) is 0 Å². The van der Waals surface area contributed by atoms with Crippen LogP contribution in [0.4, 0.5) is 13.2 Å². The first-order valence-electron chi connectivity index (χ1n) is 5.28. The van der Waals surface area contributed by atoms with Crippen LogP contribution in [-0.2, 0) is 14.3 Å². The molecule has 0 saturated heterocycles. The summed E-state index contributed by atoms with van der Waals surface area (Å²) in [6.45, 7) is 6.36. The van der Waals surface area contributed by atoms with Gasteiger partial charge in [-0.25, -0.2) is 4.79 Å². The lowest BCUT2D eigenvalue weighted by molar-refractivity contribution is -0.169. The van der Waals surface area contributed by atoms with Gasteiger partial charge in [0, 0.05) is 6.21 Å². The molecule has 0 aliphatic heterocycles. The standard InChI is InChI=1S/C11H16F3NO3/c1-7(9(17)18-10(2,3)4)15-6-5-8(16)11(12,13)14/h6-7H,5H2,1-4H3/t7-/m0/s1. The molecule has 0 fully saturated rings. The van der Waals surface area contributed by atoms with Gasteiger partial charge in [-0.1, -0.05) is 0 Å². The van der Waals surface area contributed by atoms with E-state index >= 15 is 0 Å². The Kier molecular flexibility index (Phi) is 5.51. The first kappa shape index (κ1) is 16.6. The Balaban J connectivity index is 4.29. The van der Waals surface area contributed by atoms with Crippen LogP contribution in [0.2, 0.25) is 0 Å². The van der Waals surface area contributed by atoms with E-state index in [4.69, 9.17) is 4.74 Å². The second-order valence-electron chi connectivity index (χ2n) is 4.67. The first-order chi connectivity index (χ1) is 7.93. The number of ketones is 1. The number of halogens is 3. The van der Waals surface area contributed by atoms with Gasteiger partial charge in [-0.15, -0.1) is 0 Å². The number of aliphatic imine (C=N–C) groups is 1. The van der Waals surface area contributed by atoms with Gasteiger partial charge in [0.25, 0.3) is 0 Å². The maximum Gasteiger partial charge on any atom is 0.450 e. The van der Waals surface area contributed by atoms with Crippen LogP contribution in [-0.4, -0.2) is 35.8 Å². The average molecular weight is 267 g/mol. The monoisotopic (exact) mass is 267 g/mol. The van der Waals surface area contributed by atoms with E-state index < -0.39 is 36.0 Å². The number of carbonyl (C=O) groups is 2. The molecule has 0 radical (unpaired) electrons. The summed E-state index contributed by atoms with van der Waals surface area (Å²) in [7, 11) is 0. The topological polar surface area (TPSA) is 55.7 Å². The molecule has 7 heteroatoms. The maximum absolute atomic E-state index is 11.9. The van der Waals surface area contributed by atoms with Crippen molar-refractivity contribution < 1.29 is 27.5 Å². The third kappa shape index (κ3) is 7.03. The molecule has 0 rings (SSSR count). The highest BCUT2D eigenvalue weighted by molar-refractivity contribution is 5.95. The van der Waals surface area contributed by atoms with Crippen molar-refractivity contribution in [3.05, 3.63) is 0 Å². The Bertz CT molecular complexity index is 342. The number of nitrogens with zero attached hydrogens (tertiary/aromatic N) is 1. The van der Waals surface area contributed by atoms with E-state index in [1.165, 1.54) is 6.92 Å². The third-order valence-electron chi connectivity index (χ3n) is 1.67. The highest BCUT2D eigenvalue weighted by Gasteiger charge is 2.37. The molecule has 0 saturated carbocycles. The lowest BCUT2D eigenvalue weighted by atomic mass is 10.2. The molecule has 0 unspecified atom stereocenters. The third-order valence-corrected chi connectivity index (χ3v) is 1.67. The minimum absolute atomic E-state index is 0.654. The summed E-state index contributed by atoms with van der Waals surface area (Å²) < 4.78 is 40.5. The minimum Gasteiger partial charge on any atom is -0.458 e. The van der Waals surface area contributed by atoms with Crippen LogP contribution in [0.15, 0.2) is 4.99 Å². The summed E-state index contributed by atoms with van der Waals surface area (Å²) in [5.41, 5.74) is -0.692. The molecule has 0 aliphatic rings. The maximum atomic E-state index is 11.9. The van der Waals surface area contributed by atoms with Crippen molar-refractivity contribution in [3.8, 4) is 0 Å². The summed E-state index contributed by atoms with van der Waals surface area (Å²) in [4.78, 5) is 25.4. The van der Waals surface area contributed by atoms with Crippen molar-refractivity contribution >= 4 is 18.0 Å². The van der Waals surface area contributed by atoms with E-state index in [0.717, 1.165) is 6.21 Å². The van der Waals surface area contributed by atoms with Crippen molar-refractivity contribution in [3.63, 3.8) is 0 Å². The summed E-state index contributed by atoms with van der Waals surface area (Å²) in [5.74, 6) is -2.55. The average Bonchev–Trinajstić information content (AvgIpc) is 2.12. The smallest absolute Gasteiger partial charge is 0.450 e. The number of Topliss-reactive ketones (excluding diaryl/α,β-unsaturated/α-hetero) is 1. The number of rotatable bonds is 4. The number of hydrogen-bond donors (Lipinski definition) is 0. The lowest BCUT2D eigenvalue weighted by Gasteiger charge is -2.20. The molecule has 0 aromatic heterocycles. The van der Waals surface area contributed by atoms with Crippen molar-refractivity contribution in [1.29, 1.82) is 0 Å².